The van der Waals surface area contributed by atoms with E-state index in [1.54, 1.807) is 0 Å². The van der Waals surface area contributed by atoms with Crippen LogP contribution in [0.3, 0.4) is 0 Å². The molecule has 0 aliphatic heterocycles. The minimum absolute atomic E-state index is 0. The van der Waals surface area contributed by atoms with E-state index < -0.39 is 0 Å². The average molecular weight is 699 g/mol. The first-order chi connectivity index (χ1) is 19.8. The fourth-order valence-electron chi connectivity index (χ4n) is 6.07. The van der Waals surface area contributed by atoms with Crippen molar-refractivity contribution in [2.45, 2.75) is 72.6 Å². The SMILES string of the molecule is CC1(C)C=Cc2cc3c(cc21)[cH-]c1cc2c(cc13)C=CC2(C)C.CCC1[C-]=CC(C(C)(C)C)=C1.[Cl-].[Cl-].[Zr+2]=[CH]c1ccccc1. The van der Waals surface area contributed by atoms with E-state index >= 15 is 0 Å². The number of benzene rings is 3. The van der Waals surface area contributed by atoms with Crippen molar-refractivity contribution in [2.24, 2.45) is 11.3 Å². The molecule has 3 aliphatic rings. The monoisotopic (exact) mass is 696 g/mol. The molecule has 3 heteroatoms. The molecule has 0 amide bonds. The van der Waals surface area contributed by atoms with E-state index in [0.29, 0.717) is 11.3 Å². The van der Waals surface area contributed by atoms with Gasteiger partial charge in [-0.05, 0) is 11.1 Å². The summed E-state index contributed by atoms with van der Waals surface area (Å²) >= 11 is 1.46. The van der Waals surface area contributed by atoms with Crippen LogP contribution < -0.4 is 24.8 Å². The van der Waals surface area contributed by atoms with Crippen LogP contribution in [0.5, 0.6) is 0 Å². The number of allylic oxidation sites excluding steroid dienone is 6. The molecule has 0 saturated heterocycles. The molecule has 4 aromatic rings. The van der Waals surface area contributed by atoms with Gasteiger partial charge in [-0.1, -0.05) is 121 Å². The van der Waals surface area contributed by atoms with Gasteiger partial charge in [0.15, 0.2) is 0 Å². The van der Waals surface area contributed by atoms with Crippen molar-refractivity contribution in [1.82, 2.24) is 0 Å². The quantitative estimate of drug-likeness (QED) is 0.257. The van der Waals surface area contributed by atoms with E-state index in [9.17, 15) is 0 Å². The third kappa shape index (κ3) is 7.61. The van der Waals surface area contributed by atoms with Crippen LogP contribution in [-0.2, 0) is 35.1 Å². The molecule has 44 heavy (non-hydrogen) atoms. The Morgan fingerprint density at radius 1 is 0.818 bits per heavy atom. The molecule has 0 N–H and O–H groups in total. The Kier molecular flexibility index (Phi) is 11.6. The van der Waals surface area contributed by atoms with Gasteiger partial charge in [-0.25, -0.2) is 6.08 Å². The Bertz CT molecular complexity index is 1670. The van der Waals surface area contributed by atoms with Gasteiger partial charge in [0.2, 0.25) is 0 Å². The van der Waals surface area contributed by atoms with Gasteiger partial charge in [0, 0.05) is 10.8 Å². The van der Waals surface area contributed by atoms with Crippen LogP contribution >= 0.6 is 0 Å². The zero-order valence-corrected chi connectivity index (χ0v) is 31.3. The molecule has 0 radical (unpaired) electrons. The Morgan fingerprint density at radius 3 is 1.68 bits per heavy atom. The molecule has 0 aromatic heterocycles. The van der Waals surface area contributed by atoms with Crippen LogP contribution in [0.15, 0.2) is 90.5 Å². The molecule has 3 aliphatic carbocycles. The van der Waals surface area contributed by atoms with Crippen LogP contribution in [0.25, 0.3) is 33.7 Å². The molecular weight excluding hydrogens is 655 g/mol. The molecule has 0 spiro atoms. The van der Waals surface area contributed by atoms with Crippen molar-refractivity contribution in [3.8, 4) is 0 Å². The predicted octanol–water partition coefficient (Wildman–Crippen LogP) is 5.07. The second-order valence-corrected chi connectivity index (χ2v) is 14.8. The fraction of sp³-hybridized carbons (Fsp3) is 0.317. The molecular formula is C41H44Cl2Zr-2. The zero-order chi connectivity index (χ0) is 30.3. The molecule has 0 heterocycles. The second kappa shape index (κ2) is 14.1. The Morgan fingerprint density at radius 2 is 1.32 bits per heavy atom. The van der Waals surface area contributed by atoms with E-state index in [-0.39, 0.29) is 35.6 Å². The molecule has 4 aromatic carbocycles. The van der Waals surface area contributed by atoms with E-state index in [2.05, 4.69) is 156 Å². The third-order valence-corrected chi connectivity index (χ3v) is 9.72. The Balaban J connectivity index is 0.000000212. The summed E-state index contributed by atoms with van der Waals surface area (Å²) < 4.78 is 2.17. The molecule has 0 bridgehead atoms. The molecule has 0 fully saturated rings. The first-order valence-electron chi connectivity index (χ1n) is 15.3. The average Bonchev–Trinajstić information content (AvgIpc) is 3.72. The van der Waals surface area contributed by atoms with E-state index in [4.69, 9.17) is 0 Å². The zero-order valence-electron chi connectivity index (χ0n) is 27.4. The van der Waals surface area contributed by atoms with Crippen LogP contribution in [0.1, 0.15) is 89.6 Å². The van der Waals surface area contributed by atoms with Crippen molar-refractivity contribution in [1.29, 1.82) is 0 Å². The van der Waals surface area contributed by atoms with Gasteiger partial charge in [-0.3, -0.25) is 6.08 Å². The van der Waals surface area contributed by atoms with Crippen molar-refractivity contribution < 1.29 is 49.0 Å². The molecule has 7 rings (SSSR count). The van der Waals surface area contributed by atoms with Crippen LogP contribution in [0.2, 0.25) is 0 Å². The van der Waals surface area contributed by atoms with Gasteiger partial charge >= 0.3 is 63.8 Å². The van der Waals surface area contributed by atoms with Crippen molar-refractivity contribution in [3.05, 3.63) is 124 Å². The summed E-state index contributed by atoms with van der Waals surface area (Å²) in [4.78, 5) is 0. The van der Waals surface area contributed by atoms with Crippen LogP contribution in [0.4, 0.5) is 0 Å². The van der Waals surface area contributed by atoms with E-state index in [1.165, 1.54) is 85.6 Å². The van der Waals surface area contributed by atoms with Gasteiger partial charge in [-0.15, -0.1) is 39.7 Å². The van der Waals surface area contributed by atoms with Gasteiger partial charge in [0.1, 0.15) is 0 Å². The van der Waals surface area contributed by atoms with E-state index in [1.807, 2.05) is 6.07 Å². The van der Waals surface area contributed by atoms with E-state index in [0.717, 1.165) is 0 Å². The minimum atomic E-state index is 0. The van der Waals surface area contributed by atoms with Gasteiger partial charge in [0.05, 0.1) is 0 Å². The summed E-state index contributed by atoms with van der Waals surface area (Å²) in [6, 6.07) is 22.3. The summed E-state index contributed by atoms with van der Waals surface area (Å²) in [5, 5.41) is 5.53. The number of rotatable bonds is 2. The van der Waals surface area contributed by atoms with Crippen molar-refractivity contribution in [3.63, 3.8) is 0 Å². The van der Waals surface area contributed by atoms with Gasteiger partial charge in [0.25, 0.3) is 0 Å². The maximum atomic E-state index is 3.35. The first-order valence-corrected chi connectivity index (χ1v) is 16.7. The molecule has 228 valence electrons. The maximum absolute atomic E-state index is 3.35. The molecule has 1 atom stereocenters. The van der Waals surface area contributed by atoms with Gasteiger partial charge < -0.3 is 24.8 Å². The van der Waals surface area contributed by atoms with Crippen LogP contribution in [-0.4, -0.2) is 3.71 Å². The third-order valence-electron chi connectivity index (χ3n) is 8.90. The predicted molar refractivity (Wildman–Crippen MR) is 182 cm³/mol. The number of fused-ring (bicyclic) bond motifs is 5. The summed E-state index contributed by atoms with van der Waals surface area (Å²) in [5.74, 6) is 0.573. The Labute approximate surface area is 292 Å². The number of hydrogen-bond donors (Lipinski definition) is 0. The van der Waals surface area contributed by atoms with Crippen LogP contribution in [0, 0.1) is 17.4 Å². The fourth-order valence-corrected chi connectivity index (χ4v) is 6.54. The second-order valence-electron chi connectivity index (χ2n) is 14.1. The molecule has 0 saturated carbocycles. The summed E-state index contributed by atoms with van der Waals surface area (Å²) in [5.41, 5.74) is 9.03. The summed E-state index contributed by atoms with van der Waals surface area (Å²) in [6.45, 7) is 18.1. The topological polar surface area (TPSA) is 0 Å². The molecule has 1 unspecified atom stereocenters. The van der Waals surface area contributed by atoms with Crippen molar-refractivity contribution in [2.75, 3.05) is 0 Å². The summed E-state index contributed by atoms with van der Waals surface area (Å²) in [7, 11) is 0. The standard InChI is InChI=1S/C23H21.C11H17.C7H6.2ClH.Zr/c1-22(2)7-5-14-10-18-16(12-20(14)22)9-17-13-21-15(11-19(17)18)6-8-23(21,3)4;1-5-9-6-7-10(8-9)11(2,3)4;1-7-5-3-2-4-6-7;;;/h5-13H,1-4H3;7-9H,5H2,1-4H3;1-6H;2*1H;/q2*-1;;;;+2/p-2. The van der Waals surface area contributed by atoms with Crippen molar-refractivity contribution >= 4 is 37.4 Å². The normalized spacial score (nSPS) is 17.9. The van der Waals surface area contributed by atoms with Gasteiger partial charge in [-0.2, -0.15) is 11.6 Å². The Hall–Kier alpha value is -2.18. The molecule has 0 nitrogen and oxygen atoms in total. The number of hydrogen-bond acceptors (Lipinski definition) is 0. The number of halogens is 2. The summed E-state index contributed by atoms with van der Waals surface area (Å²) in [6.07, 6.45) is 18.2. The first kappa shape index (κ1) is 36.3.